The van der Waals surface area contributed by atoms with Gasteiger partial charge in [-0.25, -0.2) is 0 Å². The van der Waals surface area contributed by atoms with Crippen molar-refractivity contribution >= 4 is 17.6 Å². The number of hydrogen-bond acceptors (Lipinski definition) is 3. The molecule has 0 unspecified atom stereocenters. The molecule has 0 saturated heterocycles. The molecule has 0 atom stereocenters. The smallest absolute Gasteiger partial charge is 0.163 e. The van der Waals surface area contributed by atoms with E-state index >= 15 is 0 Å². The summed E-state index contributed by atoms with van der Waals surface area (Å²) in [6.07, 6.45) is 0.808. The molecule has 0 spiro atoms. The zero-order valence-corrected chi connectivity index (χ0v) is 8.16. The summed E-state index contributed by atoms with van der Waals surface area (Å²) in [4.78, 5) is 11.2. The highest BCUT2D eigenvalue weighted by Gasteiger charge is 2.04. The van der Waals surface area contributed by atoms with Gasteiger partial charge in [0.25, 0.3) is 0 Å². The fourth-order valence-electron chi connectivity index (χ4n) is 1.10. The molecule has 1 aromatic heterocycles. The maximum Gasteiger partial charge on any atom is 0.163 e. The summed E-state index contributed by atoms with van der Waals surface area (Å²) in [7, 11) is 0. The number of rotatable bonds is 3. The Morgan fingerprint density at radius 3 is 2.64 bits per heavy atom. The van der Waals surface area contributed by atoms with Gasteiger partial charge >= 0.3 is 0 Å². The number of hydrogen-bond donors (Lipinski definition) is 0. The van der Waals surface area contributed by atoms with Gasteiger partial charge in [0.05, 0.1) is 0 Å². The summed E-state index contributed by atoms with van der Waals surface area (Å²) in [6, 6.07) is 11.2. The minimum absolute atomic E-state index is 0.619. The number of aldehydes is 1. The lowest BCUT2D eigenvalue weighted by atomic mass is 10.3. The molecule has 2 rings (SSSR count). The van der Waals surface area contributed by atoms with E-state index in [0.717, 1.165) is 12.0 Å². The van der Waals surface area contributed by atoms with Crippen LogP contribution in [0.15, 0.2) is 41.8 Å². The van der Waals surface area contributed by atoms with Crippen LogP contribution in [0.1, 0.15) is 9.67 Å². The standard InChI is InChI=1S/C11H8O2S/c12-8-11-10(6-7-14-11)13-9-4-2-1-3-5-9/h1-8H. The summed E-state index contributed by atoms with van der Waals surface area (Å²) >= 11 is 1.38. The second kappa shape index (κ2) is 4.07. The number of para-hydroxylation sites is 1. The van der Waals surface area contributed by atoms with Crippen molar-refractivity contribution in [2.45, 2.75) is 0 Å². The van der Waals surface area contributed by atoms with Gasteiger partial charge in [-0.3, -0.25) is 4.79 Å². The fraction of sp³-hybridized carbons (Fsp3) is 0. The molecule has 0 fully saturated rings. The highest BCUT2D eigenvalue weighted by atomic mass is 32.1. The van der Waals surface area contributed by atoms with Gasteiger partial charge in [-0.05, 0) is 23.6 Å². The van der Waals surface area contributed by atoms with Crippen molar-refractivity contribution in [2.24, 2.45) is 0 Å². The Labute approximate surface area is 85.8 Å². The fourth-order valence-corrected chi connectivity index (χ4v) is 1.71. The summed E-state index contributed by atoms with van der Waals surface area (Å²) < 4.78 is 5.52. The Hall–Kier alpha value is -1.61. The van der Waals surface area contributed by atoms with Gasteiger partial charge in [-0.15, -0.1) is 11.3 Å². The second-order valence-electron chi connectivity index (χ2n) is 2.68. The molecule has 0 N–H and O–H groups in total. The molecule has 1 aromatic carbocycles. The van der Waals surface area contributed by atoms with Gasteiger partial charge in [0.1, 0.15) is 16.4 Å². The number of carbonyl (C=O) groups excluding carboxylic acids is 1. The molecular formula is C11H8O2S. The van der Waals surface area contributed by atoms with Gasteiger partial charge in [0.15, 0.2) is 6.29 Å². The molecule has 14 heavy (non-hydrogen) atoms. The first kappa shape index (κ1) is 8.97. The average Bonchev–Trinajstić information content (AvgIpc) is 2.67. The van der Waals surface area contributed by atoms with Gasteiger partial charge in [-0.2, -0.15) is 0 Å². The molecule has 0 amide bonds. The average molecular weight is 204 g/mol. The third-order valence-corrected chi connectivity index (χ3v) is 2.56. The van der Waals surface area contributed by atoms with Crippen LogP contribution in [0.25, 0.3) is 0 Å². The number of benzene rings is 1. The van der Waals surface area contributed by atoms with Crippen LogP contribution in [-0.2, 0) is 0 Å². The van der Waals surface area contributed by atoms with Crippen molar-refractivity contribution in [3.8, 4) is 11.5 Å². The first-order valence-electron chi connectivity index (χ1n) is 4.16. The lowest BCUT2D eigenvalue weighted by Gasteiger charge is -2.02. The Kier molecular flexibility index (Phi) is 2.60. The molecule has 2 aromatic rings. The van der Waals surface area contributed by atoms with Crippen molar-refractivity contribution < 1.29 is 9.53 Å². The molecular weight excluding hydrogens is 196 g/mol. The van der Waals surface area contributed by atoms with Crippen LogP contribution in [0.2, 0.25) is 0 Å². The van der Waals surface area contributed by atoms with Crippen LogP contribution < -0.4 is 4.74 Å². The monoisotopic (exact) mass is 204 g/mol. The van der Waals surface area contributed by atoms with E-state index in [-0.39, 0.29) is 0 Å². The molecule has 0 bridgehead atoms. The third-order valence-electron chi connectivity index (χ3n) is 1.74. The quantitative estimate of drug-likeness (QED) is 0.716. The van der Waals surface area contributed by atoms with Gasteiger partial charge in [0.2, 0.25) is 0 Å². The van der Waals surface area contributed by atoms with Crippen molar-refractivity contribution in [2.75, 3.05) is 0 Å². The molecule has 70 valence electrons. The van der Waals surface area contributed by atoms with E-state index in [1.165, 1.54) is 11.3 Å². The van der Waals surface area contributed by atoms with E-state index in [9.17, 15) is 4.79 Å². The summed E-state index contributed by atoms with van der Waals surface area (Å²) in [5, 5.41) is 1.84. The molecule has 2 nitrogen and oxygen atoms in total. The Morgan fingerprint density at radius 1 is 1.14 bits per heavy atom. The largest absolute Gasteiger partial charge is 0.456 e. The zero-order chi connectivity index (χ0) is 9.80. The number of carbonyl (C=O) groups is 1. The third kappa shape index (κ3) is 1.83. The predicted octanol–water partition coefficient (Wildman–Crippen LogP) is 3.35. The summed E-state index contributed by atoms with van der Waals surface area (Å²) in [6.45, 7) is 0. The number of thiophene rings is 1. The van der Waals surface area contributed by atoms with Crippen LogP contribution in [0.4, 0.5) is 0 Å². The highest BCUT2D eigenvalue weighted by Crippen LogP contribution is 2.27. The van der Waals surface area contributed by atoms with Crippen molar-refractivity contribution in [3.63, 3.8) is 0 Å². The maximum absolute atomic E-state index is 10.6. The molecule has 0 radical (unpaired) electrons. The Morgan fingerprint density at radius 2 is 1.93 bits per heavy atom. The zero-order valence-electron chi connectivity index (χ0n) is 7.34. The normalized spacial score (nSPS) is 9.71. The van der Waals surface area contributed by atoms with Crippen LogP contribution in [0.3, 0.4) is 0 Å². The topological polar surface area (TPSA) is 26.3 Å². The lowest BCUT2D eigenvalue weighted by Crippen LogP contribution is -1.84. The SMILES string of the molecule is O=Cc1sccc1Oc1ccccc1. The Bertz CT molecular complexity index is 420. The minimum Gasteiger partial charge on any atom is -0.456 e. The minimum atomic E-state index is 0.619. The molecule has 0 aliphatic rings. The van der Waals surface area contributed by atoms with E-state index in [4.69, 9.17) is 4.74 Å². The van der Waals surface area contributed by atoms with E-state index in [1.54, 1.807) is 6.07 Å². The van der Waals surface area contributed by atoms with Gasteiger partial charge < -0.3 is 4.74 Å². The second-order valence-corrected chi connectivity index (χ2v) is 3.63. The highest BCUT2D eigenvalue weighted by molar-refractivity contribution is 7.12. The van der Waals surface area contributed by atoms with Crippen LogP contribution in [0.5, 0.6) is 11.5 Å². The van der Waals surface area contributed by atoms with Crippen LogP contribution >= 0.6 is 11.3 Å². The molecule has 0 aliphatic heterocycles. The Balaban J connectivity index is 2.23. The van der Waals surface area contributed by atoms with Gasteiger partial charge in [-0.1, -0.05) is 18.2 Å². The number of ether oxygens (including phenoxy) is 1. The predicted molar refractivity (Wildman–Crippen MR) is 56.2 cm³/mol. The van der Waals surface area contributed by atoms with E-state index in [0.29, 0.717) is 10.6 Å². The van der Waals surface area contributed by atoms with E-state index in [1.807, 2.05) is 35.7 Å². The van der Waals surface area contributed by atoms with E-state index in [2.05, 4.69) is 0 Å². The molecule has 0 aliphatic carbocycles. The van der Waals surface area contributed by atoms with E-state index < -0.39 is 0 Å². The first-order valence-corrected chi connectivity index (χ1v) is 5.03. The summed E-state index contributed by atoms with van der Waals surface area (Å²) in [5.41, 5.74) is 0. The first-order chi connectivity index (χ1) is 6.90. The van der Waals surface area contributed by atoms with Crippen LogP contribution in [-0.4, -0.2) is 6.29 Å². The van der Waals surface area contributed by atoms with Crippen molar-refractivity contribution in [1.82, 2.24) is 0 Å². The molecule has 0 saturated carbocycles. The van der Waals surface area contributed by atoms with Crippen molar-refractivity contribution in [1.29, 1.82) is 0 Å². The molecule has 1 heterocycles. The lowest BCUT2D eigenvalue weighted by molar-refractivity contribution is 0.112. The van der Waals surface area contributed by atoms with Crippen molar-refractivity contribution in [3.05, 3.63) is 46.7 Å². The van der Waals surface area contributed by atoms with Gasteiger partial charge in [0, 0.05) is 0 Å². The van der Waals surface area contributed by atoms with Crippen LogP contribution in [0, 0.1) is 0 Å². The molecule has 3 heteroatoms. The maximum atomic E-state index is 10.6. The summed E-state index contributed by atoms with van der Waals surface area (Å²) in [5.74, 6) is 1.37.